The third-order valence-corrected chi connectivity index (χ3v) is 7.47. The van der Waals surface area contributed by atoms with Gasteiger partial charge in [0.05, 0.1) is 18.4 Å². The van der Waals surface area contributed by atoms with Crippen LogP contribution in [0, 0.1) is 5.82 Å². The van der Waals surface area contributed by atoms with Gasteiger partial charge in [0.1, 0.15) is 5.82 Å². The van der Waals surface area contributed by atoms with E-state index in [1.807, 2.05) is 33.7 Å². The van der Waals surface area contributed by atoms with Crippen molar-refractivity contribution in [2.45, 2.75) is 19.5 Å². The second-order valence-corrected chi connectivity index (χ2v) is 10.3. The fourth-order valence-corrected chi connectivity index (χ4v) is 5.10. The van der Waals surface area contributed by atoms with E-state index in [9.17, 15) is 9.18 Å². The van der Waals surface area contributed by atoms with Gasteiger partial charge in [-0.15, -0.1) is 0 Å². The minimum absolute atomic E-state index is 0.0317. The van der Waals surface area contributed by atoms with Crippen molar-refractivity contribution in [3.8, 4) is 0 Å². The Morgan fingerprint density at radius 2 is 1.83 bits per heavy atom. The van der Waals surface area contributed by atoms with Crippen molar-refractivity contribution in [2.75, 3.05) is 36.4 Å². The molecule has 1 fully saturated rings. The molecule has 2 aromatic carbocycles. The molecule has 208 valence electrons. The number of nitrogens with zero attached hydrogens (tertiary/aromatic N) is 7. The first kappa shape index (κ1) is 26.6. The maximum atomic E-state index is 13.4. The van der Waals surface area contributed by atoms with Crippen molar-refractivity contribution < 1.29 is 9.18 Å². The van der Waals surface area contributed by atoms with Crippen LogP contribution in [0.15, 0.2) is 79.4 Å². The lowest BCUT2D eigenvalue weighted by atomic mass is 10.2. The number of carbonyl (C=O) groups is 1. The topological polar surface area (TPSA) is 92.1 Å². The quantitative estimate of drug-likeness (QED) is 0.293. The minimum Gasteiger partial charge on any atom is -0.364 e. The molecule has 41 heavy (non-hydrogen) atoms. The molecule has 0 spiro atoms. The standard InChI is InChI=1S/C30H28ClFN8O/c31-25-7-2-1-5-23(25)19-40-20-35-26-27(34-17-21-8-10-24(32)11-9-21)36-30(37-28(26)40)39-14-4-13-38(15-16-39)29(41)22-6-3-12-33-18-22/h1-3,5-12,18,20H,4,13-17,19H2,(H,34,36,37). The molecule has 0 bridgehead atoms. The number of imidazole rings is 1. The highest BCUT2D eigenvalue weighted by Gasteiger charge is 2.24. The summed E-state index contributed by atoms with van der Waals surface area (Å²) in [4.78, 5) is 35.6. The van der Waals surface area contributed by atoms with Gasteiger partial charge in [0.2, 0.25) is 5.95 Å². The second kappa shape index (κ2) is 11.9. The maximum absolute atomic E-state index is 13.4. The zero-order chi connectivity index (χ0) is 28.2. The van der Waals surface area contributed by atoms with Crippen molar-refractivity contribution in [1.29, 1.82) is 0 Å². The lowest BCUT2D eigenvalue weighted by molar-refractivity contribution is 0.0766. The Morgan fingerprint density at radius 1 is 0.976 bits per heavy atom. The first-order valence-corrected chi connectivity index (χ1v) is 13.8. The average molecular weight is 571 g/mol. The number of hydrogen-bond donors (Lipinski definition) is 1. The van der Waals surface area contributed by atoms with Gasteiger partial charge in [-0.05, 0) is 47.9 Å². The third kappa shape index (κ3) is 5.97. The van der Waals surface area contributed by atoms with Gasteiger partial charge in [-0.1, -0.05) is 41.9 Å². The molecule has 0 aliphatic carbocycles. The maximum Gasteiger partial charge on any atom is 0.255 e. The van der Waals surface area contributed by atoms with E-state index in [0.717, 1.165) is 17.5 Å². The highest BCUT2D eigenvalue weighted by Crippen LogP contribution is 2.26. The summed E-state index contributed by atoms with van der Waals surface area (Å²) in [5.74, 6) is 0.822. The van der Waals surface area contributed by atoms with Crippen molar-refractivity contribution in [3.05, 3.63) is 107 Å². The molecular weight excluding hydrogens is 543 g/mol. The van der Waals surface area contributed by atoms with Gasteiger partial charge in [-0.25, -0.2) is 9.37 Å². The van der Waals surface area contributed by atoms with Crippen LogP contribution in [0.5, 0.6) is 0 Å². The number of pyridine rings is 1. The van der Waals surface area contributed by atoms with Crippen LogP contribution in [-0.2, 0) is 13.1 Å². The van der Waals surface area contributed by atoms with Crippen LogP contribution in [0.25, 0.3) is 11.2 Å². The van der Waals surface area contributed by atoms with Crippen LogP contribution in [0.2, 0.25) is 5.02 Å². The van der Waals surface area contributed by atoms with E-state index in [2.05, 4.69) is 20.2 Å². The van der Waals surface area contributed by atoms with Crippen molar-refractivity contribution in [2.24, 2.45) is 0 Å². The molecule has 0 saturated carbocycles. The Bertz CT molecular complexity index is 1660. The number of carbonyl (C=O) groups excluding carboxylic acids is 1. The smallest absolute Gasteiger partial charge is 0.255 e. The molecule has 1 aliphatic heterocycles. The molecule has 6 rings (SSSR count). The van der Waals surface area contributed by atoms with Crippen LogP contribution in [0.1, 0.15) is 27.9 Å². The Labute approximate surface area is 241 Å². The molecular formula is C30H28ClFN8O. The summed E-state index contributed by atoms with van der Waals surface area (Å²) in [6.07, 6.45) is 5.77. The van der Waals surface area contributed by atoms with Crippen molar-refractivity contribution in [1.82, 2.24) is 29.4 Å². The first-order valence-electron chi connectivity index (χ1n) is 13.4. The van der Waals surface area contributed by atoms with E-state index < -0.39 is 0 Å². The molecule has 1 saturated heterocycles. The Kier molecular flexibility index (Phi) is 7.73. The molecule has 1 aliphatic rings. The summed E-state index contributed by atoms with van der Waals surface area (Å²) in [7, 11) is 0. The third-order valence-electron chi connectivity index (χ3n) is 7.10. The minimum atomic E-state index is -0.281. The van der Waals surface area contributed by atoms with Gasteiger partial charge in [0.25, 0.3) is 5.91 Å². The molecule has 0 unspecified atom stereocenters. The normalized spacial score (nSPS) is 13.8. The Balaban J connectivity index is 1.30. The fourth-order valence-electron chi connectivity index (χ4n) is 4.90. The number of halogens is 2. The molecule has 3 aromatic heterocycles. The predicted molar refractivity (Wildman–Crippen MR) is 157 cm³/mol. The number of nitrogens with one attached hydrogen (secondary N) is 1. The van der Waals surface area contributed by atoms with Crippen LogP contribution >= 0.6 is 11.6 Å². The fraction of sp³-hybridized carbons (Fsp3) is 0.233. The van der Waals surface area contributed by atoms with Gasteiger partial charge < -0.3 is 19.7 Å². The molecule has 9 nitrogen and oxygen atoms in total. The highest BCUT2D eigenvalue weighted by atomic mass is 35.5. The van der Waals surface area contributed by atoms with Crippen LogP contribution < -0.4 is 10.2 Å². The number of hydrogen-bond acceptors (Lipinski definition) is 7. The predicted octanol–water partition coefficient (Wildman–Crippen LogP) is 5.03. The summed E-state index contributed by atoms with van der Waals surface area (Å²) >= 11 is 6.46. The number of fused-ring (bicyclic) bond motifs is 1. The zero-order valence-corrected chi connectivity index (χ0v) is 23.0. The van der Waals surface area contributed by atoms with Crippen LogP contribution in [0.4, 0.5) is 16.2 Å². The molecule has 0 radical (unpaired) electrons. The number of amides is 1. The second-order valence-electron chi connectivity index (χ2n) is 9.86. The summed E-state index contributed by atoms with van der Waals surface area (Å²) < 4.78 is 15.4. The van der Waals surface area contributed by atoms with Gasteiger partial charge in [0.15, 0.2) is 17.0 Å². The van der Waals surface area contributed by atoms with E-state index in [-0.39, 0.29) is 11.7 Å². The van der Waals surface area contributed by atoms with Crippen molar-refractivity contribution >= 4 is 40.4 Å². The van der Waals surface area contributed by atoms with E-state index in [0.29, 0.717) is 72.8 Å². The lowest BCUT2D eigenvalue weighted by Crippen LogP contribution is -2.35. The molecule has 5 aromatic rings. The zero-order valence-electron chi connectivity index (χ0n) is 22.2. The number of aromatic nitrogens is 5. The van der Waals surface area contributed by atoms with Crippen molar-refractivity contribution in [3.63, 3.8) is 0 Å². The van der Waals surface area contributed by atoms with Gasteiger partial charge in [-0.3, -0.25) is 9.78 Å². The molecule has 11 heteroatoms. The molecule has 0 atom stereocenters. The SMILES string of the molecule is O=C(c1cccnc1)N1CCCN(c2nc(NCc3ccc(F)cc3)c3ncn(Cc4ccccc4Cl)c3n2)CC1. The Hall–Kier alpha value is -4.57. The largest absolute Gasteiger partial charge is 0.364 e. The molecule has 1 amide bonds. The van der Waals surface area contributed by atoms with E-state index in [4.69, 9.17) is 21.6 Å². The van der Waals surface area contributed by atoms with Crippen LogP contribution in [0.3, 0.4) is 0 Å². The van der Waals surface area contributed by atoms with E-state index in [1.165, 1.54) is 12.1 Å². The average Bonchev–Trinajstić information content (AvgIpc) is 3.24. The van der Waals surface area contributed by atoms with Crippen LogP contribution in [-0.4, -0.2) is 61.5 Å². The van der Waals surface area contributed by atoms with E-state index in [1.54, 1.807) is 43.0 Å². The number of anilines is 2. The summed E-state index contributed by atoms with van der Waals surface area (Å²) in [6, 6.07) is 17.6. The summed E-state index contributed by atoms with van der Waals surface area (Å²) in [5.41, 5.74) is 3.74. The van der Waals surface area contributed by atoms with E-state index >= 15 is 0 Å². The first-order chi connectivity index (χ1) is 20.0. The summed E-state index contributed by atoms with van der Waals surface area (Å²) in [5, 5.41) is 4.05. The number of benzene rings is 2. The number of rotatable bonds is 7. The lowest BCUT2D eigenvalue weighted by Gasteiger charge is -2.23. The molecule has 4 heterocycles. The van der Waals surface area contributed by atoms with Gasteiger partial charge in [-0.2, -0.15) is 9.97 Å². The monoisotopic (exact) mass is 570 g/mol. The summed E-state index contributed by atoms with van der Waals surface area (Å²) in [6.45, 7) is 3.37. The molecule has 1 N–H and O–H groups in total. The van der Waals surface area contributed by atoms with Gasteiger partial charge >= 0.3 is 0 Å². The highest BCUT2D eigenvalue weighted by molar-refractivity contribution is 6.31. The van der Waals surface area contributed by atoms with Gasteiger partial charge in [0, 0.05) is 50.1 Å². The Morgan fingerprint density at radius 3 is 2.63 bits per heavy atom.